The number of aromatic nitrogens is 1. The van der Waals surface area contributed by atoms with E-state index in [1.807, 2.05) is 12.1 Å². The van der Waals surface area contributed by atoms with Gasteiger partial charge in [-0.25, -0.2) is 14.2 Å². The van der Waals surface area contributed by atoms with E-state index in [1.165, 1.54) is 17.0 Å². The standard InChI is InChI=1S/C23H19FN2O4/c24-16-8-12-18(13-9-16)30-17-10-6-15(7-11-17)19-3-1-4-20(25-19)22(27)26-14-2-5-21(26)23(28)29/h1,3-4,6-13,21H,2,5,14H2,(H,28,29)/t21-/m0/s1. The van der Waals surface area contributed by atoms with Crippen LogP contribution in [0.25, 0.3) is 11.3 Å². The molecule has 1 fully saturated rings. The van der Waals surface area contributed by atoms with Gasteiger partial charge in [-0.1, -0.05) is 6.07 Å². The zero-order valence-electron chi connectivity index (χ0n) is 16.0. The van der Waals surface area contributed by atoms with Gasteiger partial charge in [0.15, 0.2) is 0 Å². The summed E-state index contributed by atoms with van der Waals surface area (Å²) in [4.78, 5) is 30.0. The number of carboxylic acids is 1. The van der Waals surface area contributed by atoms with Crippen LogP contribution in [0.3, 0.4) is 0 Å². The SMILES string of the molecule is O=C(O)[C@@H]1CCCN1C(=O)c1cccc(-c2ccc(Oc3ccc(F)cc3)cc2)n1. The maximum atomic E-state index is 13.0. The highest BCUT2D eigenvalue weighted by Gasteiger charge is 2.34. The highest BCUT2D eigenvalue weighted by atomic mass is 19.1. The number of carbonyl (C=O) groups excluding carboxylic acids is 1. The Morgan fingerprint density at radius 1 is 1.00 bits per heavy atom. The minimum Gasteiger partial charge on any atom is -0.480 e. The van der Waals surface area contributed by atoms with E-state index in [1.54, 1.807) is 42.5 Å². The van der Waals surface area contributed by atoms with Gasteiger partial charge in [-0.2, -0.15) is 0 Å². The first kappa shape index (κ1) is 19.6. The van der Waals surface area contributed by atoms with Crippen molar-refractivity contribution in [3.63, 3.8) is 0 Å². The van der Waals surface area contributed by atoms with Gasteiger partial charge in [-0.05, 0) is 73.5 Å². The third-order valence-electron chi connectivity index (χ3n) is 4.97. The minimum absolute atomic E-state index is 0.215. The van der Waals surface area contributed by atoms with Gasteiger partial charge in [0, 0.05) is 12.1 Å². The number of aliphatic carboxylic acids is 1. The lowest BCUT2D eigenvalue weighted by atomic mass is 10.1. The molecule has 4 rings (SSSR count). The Hall–Kier alpha value is -3.74. The molecule has 30 heavy (non-hydrogen) atoms. The zero-order chi connectivity index (χ0) is 21.1. The van der Waals surface area contributed by atoms with Crippen LogP contribution in [0, 0.1) is 5.82 Å². The molecule has 152 valence electrons. The summed E-state index contributed by atoms with van der Waals surface area (Å²) in [6, 6.07) is 17.2. The van der Waals surface area contributed by atoms with Gasteiger partial charge in [-0.15, -0.1) is 0 Å². The maximum absolute atomic E-state index is 13.0. The summed E-state index contributed by atoms with van der Waals surface area (Å²) >= 11 is 0. The highest BCUT2D eigenvalue weighted by Crippen LogP contribution is 2.26. The van der Waals surface area contributed by atoms with Gasteiger partial charge in [0.25, 0.3) is 5.91 Å². The number of rotatable bonds is 5. The van der Waals surface area contributed by atoms with Crippen molar-refractivity contribution in [1.82, 2.24) is 9.88 Å². The molecule has 6 nitrogen and oxygen atoms in total. The van der Waals surface area contributed by atoms with Crippen LogP contribution >= 0.6 is 0 Å². The van der Waals surface area contributed by atoms with E-state index in [-0.39, 0.29) is 17.4 Å². The summed E-state index contributed by atoms with van der Waals surface area (Å²) in [6.45, 7) is 0.414. The van der Waals surface area contributed by atoms with E-state index < -0.39 is 12.0 Å². The number of halogens is 1. The van der Waals surface area contributed by atoms with E-state index in [0.717, 1.165) is 5.56 Å². The lowest BCUT2D eigenvalue weighted by Crippen LogP contribution is -2.40. The number of nitrogens with zero attached hydrogens (tertiary/aromatic N) is 2. The monoisotopic (exact) mass is 406 g/mol. The van der Waals surface area contributed by atoms with Crippen LogP contribution in [0.15, 0.2) is 66.7 Å². The average molecular weight is 406 g/mol. The van der Waals surface area contributed by atoms with E-state index in [4.69, 9.17) is 4.74 Å². The Morgan fingerprint density at radius 2 is 1.67 bits per heavy atom. The fourth-order valence-corrected chi connectivity index (χ4v) is 3.46. The van der Waals surface area contributed by atoms with Crippen molar-refractivity contribution in [2.45, 2.75) is 18.9 Å². The quantitative estimate of drug-likeness (QED) is 0.681. The van der Waals surface area contributed by atoms with Crippen molar-refractivity contribution >= 4 is 11.9 Å². The number of amides is 1. The Labute approximate surface area is 172 Å². The molecule has 2 aromatic carbocycles. The molecular formula is C23H19FN2O4. The van der Waals surface area contributed by atoms with E-state index in [9.17, 15) is 19.1 Å². The van der Waals surface area contributed by atoms with Crippen LogP contribution in [0.4, 0.5) is 4.39 Å². The summed E-state index contributed by atoms with van der Waals surface area (Å²) in [5.41, 5.74) is 1.60. The van der Waals surface area contributed by atoms with Crippen molar-refractivity contribution in [3.8, 4) is 22.8 Å². The van der Waals surface area contributed by atoms with Crippen LogP contribution < -0.4 is 4.74 Å². The molecule has 1 N–H and O–H groups in total. The van der Waals surface area contributed by atoms with Crippen molar-refractivity contribution in [3.05, 3.63) is 78.2 Å². The molecule has 1 aromatic heterocycles. The number of likely N-dealkylation sites (tertiary alicyclic amines) is 1. The second-order valence-electron chi connectivity index (χ2n) is 6.98. The van der Waals surface area contributed by atoms with Gasteiger partial charge in [0.1, 0.15) is 29.1 Å². The van der Waals surface area contributed by atoms with Crippen LogP contribution in [0.2, 0.25) is 0 Å². The van der Waals surface area contributed by atoms with E-state index in [0.29, 0.717) is 36.6 Å². The minimum atomic E-state index is -0.992. The smallest absolute Gasteiger partial charge is 0.326 e. The molecular weight excluding hydrogens is 387 g/mol. The molecule has 1 aliphatic heterocycles. The number of hydrogen-bond acceptors (Lipinski definition) is 4. The second kappa shape index (κ2) is 8.32. The topological polar surface area (TPSA) is 79.7 Å². The lowest BCUT2D eigenvalue weighted by Gasteiger charge is -2.21. The summed E-state index contributed by atoms with van der Waals surface area (Å²) in [5, 5.41) is 9.31. The first-order chi connectivity index (χ1) is 14.5. The number of ether oxygens (including phenoxy) is 1. The molecule has 7 heteroatoms. The summed E-state index contributed by atoms with van der Waals surface area (Å²) in [6.07, 6.45) is 1.12. The Balaban J connectivity index is 1.51. The molecule has 1 aliphatic rings. The van der Waals surface area contributed by atoms with E-state index in [2.05, 4.69) is 4.98 Å². The third kappa shape index (κ3) is 4.15. The van der Waals surface area contributed by atoms with Crippen molar-refractivity contribution in [2.75, 3.05) is 6.54 Å². The summed E-state index contributed by atoms with van der Waals surface area (Å²) in [5.74, 6) is -0.596. The highest BCUT2D eigenvalue weighted by molar-refractivity contribution is 5.95. The fraction of sp³-hybridized carbons (Fsp3) is 0.174. The number of benzene rings is 2. The first-order valence-corrected chi connectivity index (χ1v) is 9.56. The second-order valence-corrected chi connectivity index (χ2v) is 6.98. The molecule has 1 amide bonds. The first-order valence-electron chi connectivity index (χ1n) is 9.56. The largest absolute Gasteiger partial charge is 0.480 e. The van der Waals surface area contributed by atoms with Gasteiger partial charge >= 0.3 is 5.97 Å². The number of pyridine rings is 1. The van der Waals surface area contributed by atoms with Crippen molar-refractivity contribution < 1.29 is 23.8 Å². The molecule has 1 saturated heterocycles. The maximum Gasteiger partial charge on any atom is 0.326 e. The lowest BCUT2D eigenvalue weighted by molar-refractivity contribution is -0.141. The average Bonchev–Trinajstić information content (AvgIpc) is 3.26. The molecule has 1 atom stereocenters. The Morgan fingerprint density at radius 3 is 2.33 bits per heavy atom. The van der Waals surface area contributed by atoms with Crippen molar-refractivity contribution in [2.24, 2.45) is 0 Å². The fourth-order valence-electron chi connectivity index (χ4n) is 3.46. The van der Waals surface area contributed by atoms with Gasteiger partial charge < -0.3 is 14.7 Å². The molecule has 0 unspecified atom stereocenters. The van der Waals surface area contributed by atoms with Crippen molar-refractivity contribution in [1.29, 1.82) is 0 Å². The molecule has 0 saturated carbocycles. The predicted octanol–water partition coefficient (Wildman–Crippen LogP) is 4.37. The molecule has 0 spiro atoms. The normalized spacial score (nSPS) is 15.8. The number of hydrogen-bond donors (Lipinski definition) is 1. The van der Waals surface area contributed by atoms with Gasteiger partial charge in [0.05, 0.1) is 5.69 Å². The van der Waals surface area contributed by atoms with Gasteiger partial charge in [-0.3, -0.25) is 4.79 Å². The number of carboxylic acid groups (broad SMARTS) is 1. The summed E-state index contributed by atoms with van der Waals surface area (Å²) in [7, 11) is 0. The third-order valence-corrected chi connectivity index (χ3v) is 4.97. The van der Waals surface area contributed by atoms with Crippen LogP contribution in [-0.2, 0) is 4.79 Å². The molecule has 0 aliphatic carbocycles. The zero-order valence-corrected chi connectivity index (χ0v) is 16.0. The van der Waals surface area contributed by atoms with Gasteiger partial charge in [0.2, 0.25) is 0 Å². The Kier molecular flexibility index (Phi) is 5.43. The molecule has 3 aromatic rings. The van der Waals surface area contributed by atoms with E-state index >= 15 is 0 Å². The Bertz CT molecular complexity index is 1070. The predicted molar refractivity (Wildman–Crippen MR) is 108 cm³/mol. The molecule has 0 bridgehead atoms. The molecule has 0 radical (unpaired) electrons. The molecule has 2 heterocycles. The van der Waals surface area contributed by atoms with Crippen LogP contribution in [-0.4, -0.2) is 39.5 Å². The van der Waals surface area contributed by atoms with Crippen LogP contribution in [0.1, 0.15) is 23.3 Å². The summed E-state index contributed by atoms with van der Waals surface area (Å²) < 4.78 is 18.7. The number of carbonyl (C=O) groups is 2. The van der Waals surface area contributed by atoms with Crippen LogP contribution in [0.5, 0.6) is 11.5 Å².